The molecule has 0 bridgehead atoms. The quantitative estimate of drug-likeness (QED) is 0.635. The predicted octanol–water partition coefficient (Wildman–Crippen LogP) is 4.58. The highest BCUT2D eigenvalue weighted by Crippen LogP contribution is 2.42. The Morgan fingerprint density at radius 1 is 1.19 bits per heavy atom. The molecule has 0 spiro atoms. The second kappa shape index (κ2) is 7.25. The number of hydrogen-bond acceptors (Lipinski definition) is 4. The fraction of sp³-hybridized carbons (Fsp3) is 0.318. The van der Waals surface area contributed by atoms with Gasteiger partial charge in [-0.05, 0) is 23.1 Å². The van der Waals surface area contributed by atoms with E-state index in [2.05, 4.69) is 9.84 Å². The van der Waals surface area contributed by atoms with Crippen LogP contribution in [0.25, 0.3) is 22.5 Å². The van der Waals surface area contributed by atoms with Crippen LogP contribution in [0.1, 0.15) is 37.2 Å². The van der Waals surface area contributed by atoms with Gasteiger partial charge in [0.25, 0.3) is 0 Å². The van der Waals surface area contributed by atoms with E-state index in [0.29, 0.717) is 29.1 Å². The number of aromatic nitrogens is 3. The first-order chi connectivity index (χ1) is 14.8. The number of alkyl halides is 3. The van der Waals surface area contributed by atoms with Crippen molar-refractivity contribution in [2.24, 2.45) is 5.41 Å². The van der Waals surface area contributed by atoms with E-state index in [1.165, 1.54) is 36.5 Å². The first-order valence-corrected chi connectivity index (χ1v) is 9.77. The van der Waals surface area contributed by atoms with E-state index in [0.717, 1.165) is 0 Å². The Balaban J connectivity index is 1.86. The lowest BCUT2D eigenvalue weighted by Crippen LogP contribution is -2.35. The van der Waals surface area contributed by atoms with Crippen molar-refractivity contribution in [1.29, 1.82) is 0 Å². The molecule has 1 aliphatic heterocycles. The van der Waals surface area contributed by atoms with Crippen molar-refractivity contribution in [2.45, 2.75) is 39.7 Å². The highest BCUT2D eigenvalue weighted by atomic mass is 19.4. The molecule has 2 aromatic heterocycles. The zero-order chi connectivity index (χ0) is 23.4. The van der Waals surface area contributed by atoms with Crippen molar-refractivity contribution < 1.29 is 27.8 Å². The van der Waals surface area contributed by atoms with Gasteiger partial charge < -0.3 is 14.4 Å². The van der Waals surface area contributed by atoms with Crippen molar-refractivity contribution in [3.8, 4) is 28.3 Å². The topological polar surface area (TPSA) is 86.3 Å². The molecular weight excluding hydrogens is 427 g/mol. The zero-order valence-corrected chi connectivity index (χ0v) is 17.5. The van der Waals surface area contributed by atoms with Gasteiger partial charge >= 0.3 is 12.3 Å². The average molecular weight is 447 g/mol. The van der Waals surface area contributed by atoms with Gasteiger partial charge in [-0.1, -0.05) is 32.9 Å². The number of pyridine rings is 1. The number of halogens is 3. The number of benzene rings is 1. The van der Waals surface area contributed by atoms with Crippen LogP contribution in [0.2, 0.25) is 0 Å². The molecule has 168 valence electrons. The molecule has 1 aliphatic rings. The number of rotatable bonds is 3. The molecular formula is C22H20F3N3O4. The van der Waals surface area contributed by atoms with Gasteiger partial charge in [0.1, 0.15) is 11.3 Å². The summed E-state index contributed by atoms with van der Waals surface area (Å²) in [5, 5.41) is 13.9. The van der Waals surface area contributed by atoms with E-state index in [4.69, 9.17) is 0 Å². The minimum Gasteiger partial charge on any atom is -0.477 e. The fourth-order valence-corrected chi connectivity index (χ4v) is 3.94. The molecule has 0 radical (unpaired) electrons. The third-order valence-corrected chi connectivity index (χ3v) is 5.47. The molecule has 0 saturated carbocycles. The van der Waals surface area contributed by atoms with Crippen LogP contribution in [0.4, 0.5) is 13.2 Å². The van der Waals surface area contributed by atoms with E-state index in [-0.39, 0.29) is 22.8 Å². The zero-order valence-electron chi connectivity index (χ0n) is 17.5. The summed E-state index contributed by atoms with van der Waals surface area (Å²) in [5.74, 6) is -1.66. The second-order valence-electron chi connectivity index (χ2n) is 8.69. The molecule has 7 nitrogen and oxygen atoms in total. The van der Waals surface area contributed by atoms with E-state index in [1.54, 1.807) is 15.4 Å². The molecule has 3 aromatic rings. The first-order valence-electron chi connectivity index (χ1n) is 9.77. The van der Waals surface area contributed by atoms with Crippen LogP contribution in [-0.4, -0.2) is 31.8 Å². The number of aromatic carboxylic acids is 1. The maximum Gasteiger partial charge on any atom is 0.573 e. The normalized spacial score (nSPS) is 15.8. The van der Waals surface area contributed by atoms with Crippen LogP contribution in [0, 0.1) is 5.41 Å². The smallest absolute Gasteiger partial charge is 0.477 e. The molecule has 1 atom stereocenters. The van der Waals surface area contributed by atoms with Gasteiger partial charge in [0, 0.05) is 17.8 Å². The largest absolute Gasteiger partial charge is 0.573 e. The predicted molar refractivity (Wildman–Crippen MR) is 109 cm³/mol. The van der Waals surface area contributed by atoms with Gasteiger partial charge in [-0.2, -0.15) is 5.10 Å². The van der Waals surface area contributed by atoms with Crippen molar-refractivity contribution in [3.05, 3.63) is 58.5 Å². The molecule has 32 heavy (non-hydrogen) atoms. The summed E-state index contributed by atoms with van der Waals surface area (Å²) in [6.07, 6.45) is -1.85. The van der Waals surface area contributed by atoms with E-state index in [1.807, 2.05) is 20.8 Å². The Morgan fingerprint density at radius 2 is 1.84 bits per heavy atom. The minimum absolute atomic E-state index is 0.181. The molecule has 10 heteroatoms. The summed E-state index contributed by atoms with van der Waals surface area (Å²) in [6.45, 7) is 6.46. The lowest BCUT2D eigenvalue weighted by molar-refractivity contribution is -0.274. The van der Waals surface area contributed by atoms with Crippen LogP contribution in [0.3, 0.4) is 0 Å². The summed E-state index contributed by atoms with van der Waals surface area (Å²) >= 11 is 0. The van der Waals surface area contributed by atoms with Gasteiger partial charge in [0.2, 0.25) is 0 Å². The SMILES string of the molecule is CC(C)(C)[C@@H]1Cn2ncc(-c3ccc(OC(F)(F)F)cc3)c2-c2cc(=O)c(C(=O)O)cn21. The molecule has 0 amide bonds. The fourth-order valence-electron chi connectivity index (χ4n) is 3.94. The van der Waals surface area contributed by atoms with Gasteiger partial charge in [0.05, 0.1) is 30.2 Å². The Hall–Kier alpha value is -3.56. The van der Waals surface area contributed by atoms with E-state index in [9.17, 15) is 27.9 Å². The Labute approximate surface area is 180 Å². The number of carbonyl (C=O) groups is 1. The second-order valence-corrected chi connectivity index (χ2v) is 8.69. The van der Waals surface area contributed by atoms with Crippen molar-refractivity contribution >= 4 is 5.97 Å². The number of fused-ring (bicyclic) bond motifs is 3. The van der Waals surface area contributed by atoms with Crippen molar-refractivity contribution in [2.75, 3.05) is 0 Å². The van der Waals surface area contributed by atoms with Crippen LogP contribution < -0.4 is 10.2 Å². The van der Waals surface area contributed by atoms with Gasteiger partial charge in [-0.15, -0.1) is 13.2 Å². The average Bonchev–Trinajstić information content (AvgIpc) is 3.09. The molecule has 0 saturated heterocycles. The highest BCUT2D eigenvalue weighted by Gasteiger charge is 2.35. The Morgan fingerprint density at radius 3 is 2.41 bits per heavy atom. The number of hydrogen-bond donors (Lipinski definition) is 1. The van der Waals surface area contributed by atoms with Crippen LogP contribution >= 0.6 is 0 Å². The van der Waals surface area contributed by atoms with Crippen LogP contribution in [0.5, 0.6) is 5.75 Å². The Kier molecular flexibility index (Phi) is 4.91. The number of carboxylic acids is 1. The van der Waals surface area contributed by atoms with Crippen LogP contribution in [0.15, 0.2) is 47.5 Å². The molecule has 0 aliphatic carbocycles. The summed E-state index contributed by atoms with van der Waals surface area (Å²) in [6, 6.07) is 6.45. The van der Waals surface area contributed by atoms with E-state index >= 15 is 0 Å². The monoisotopic (exact) mass is 447 g/mol. The number of carboxylic acid groups (broad SMARTS) is 1. The minimum atomic E-state index is -4.79. The van der Waals surface area contributed by atoms with Gasteiger partial charge in [0.15, 0.2) is 5.43 Å². The number of ether oxygens (including phenoxy) is 1. The van der Waals surface area contributed by atoms with Gasteiger partial charge in [-0.25, -0.2) is 4.79 Å². The van der Waals surface area contributed by atoms with Gasteiger partial charge in [-0.3, -0.25) is 9.48 Å². The number of nitrogens with zero attached hydrogens (tertiary/aromatic N) is 3. The molecule has 3 heterocycles. The summed E-state index contributed by atoms with van der Waals surface area (Å²) in [5.41, 5.74) is 1.03. The first kappa shape index (κ1) is 21.7. The molecule has 1 aromatic carbocycles. The van der Waals surface area contributed by atoms with Crippen LogP contribution in [-0.2, 0) is 6.54 Å². The molecule has 1 N–H and O–H groups in total. The molecule has 0 unspecified atom stereocenters. The Bertz CT molecular complexity index is 1250. The summed E-state index contributed by atoms with van der Waals surface area (Å²) < 4.78 is 44.8. The summed E-state index contributed by atoms with van der Waals surface area (Å²) in [7, 11) is 0. The third-order valence-electron chi connectivity index (χ3n) is 5.47. The van der Waals surface area contributed by atoms with Crippen molar-refractivity contribution in [3.63, 3.8) is 0 Å². The lowest BCUT2D eigenvalue weighted by Gasteiger charge is -2.38. The standard InChI is InChI=1S/C22H20F3N3O4/c1-21(2,3)18-11-28-19(16-8-17(29)15(20(30)31)10-27(16)18)14(9-26-28)12-4-6-13(7-5-12)32-22(23,24)25/h4-10,18H,11H2,1-3H3,(H,30,31)/t18-/m0/s1. The lowest BCUT2D eigenvalue weighted by atomic mass is 9.84. The summed E-state index contributed by atoms with van der Waals surface area (Å²) in [4.78, 5) is 24.1. The maximum atomic E-state index is 12.5. The van der Waals surface area contributed by atoms with Crippen molar-refractivity contribution in [1.82, 2.24) is 14.3 Å². The third kappa shape index (κ3) is 3.88. The molecule has 0 fully saturated rings. The van der Waals surface area contributed by atoms with E-state index < -0.39 is 17.8 Å². The highest BCUT2D eigenvalue weighted by molar-refractivity contribution is 5.88. The maximum absolute atomic E-state index is 12.5. The molecule has 4 rings (SSSR count).